The Labute approximate surface area is 146 Å². The van der Waals surface area contributed by atoms with Gasteiger partial charge in [0.25, 0.3) is 0 Å². The minimum atomic E-state index is 0.319. The average molecular weight is 376 g/mol. The first-order valence-electron chi connectivity index (χ1n) is 7.86. The number of methoxy groups -OCH3 is 2. The Kier molecular flexibility index (Phi) is 4.93. The van der Waals surface area contributed by atoms with Gasteiger partial charge < -0.3 is 14.8 Å². The average Bonchev–Trinajstić information content (AvgIpc) is 2.54. The van der Waals surface area contributed by atoms with Crippen LogP contribution in [0.15, 0.2) is 40.9 Å². The third-order valence-electron chi connectivity index (χ3n) is 4.39. The summed E-state index contributed by atoms with van der Waals surface area (Å²) in [6, 6.07) is 13.5. The van der Waals surface area contributed by atoms with Crippen molar-refractivity contribution in [3.8, 4) is 11.5 Å². The van der Waals surface area contributed by atoms with Crippen LogP contribution in [0.3, 0.4) is 0 Å². The first kappa shape index (κ1) is 16.3. The summed E-state index contributed by atoms with van der Waals surface area (Å²) >= 11 is 3.57. The van der Waals surface area contributed by atoms with Gasteiger partial charge in [0.2, 0.25) is 0 Å². The highest BCUT2D eigenvalue weighted by Gasteiger charge is 2.24. The van der Waals surface area contributed by atoms with Gasteiger partial charge in [-0.05, 0) is 76.7 Å². The van der Waals surface area contributed by atoms with Crippen LogP contribution in [0.1, 0.15) is 29.7 Å². The van der Waals surface area contributed by atoms with Crippen molar-refractivity contribution in [2.45, 2.75) is 31.8 Å². The highest BCUT2D eigenvalue weighted by atomic mass is 79.9. The molecule has 2 aromatic carbocycles. The van der Waals surface area contributed by atoms with Crippen LogP contribution in [-0.4, -0.2) is 20.3 Å². The van der Waals surface area contributed by atoms with E-state index in [-0.39, 0.29) is 0 Å². The van der Waals surface area contributed by atoms with Crippen LogP contribution in [0.25, 0.3) is 0 Å². The molecule has 1 aliphatic heterocycles. The molecule has 2 atom stereocenters. The van der Waals surface area contributed by atoms with Gasteiger partial charge in [-0.25, -0.2) is 0 Å². The molecule has 2 unspecified atom stereocenters. The van der Waals surface area contributed by atoms with Gasteiger partial charge in [-0.15, -0.1) is 0 Å². The van der Waals surface area contributed by atoms with Gasteiger partial charge in [-0.1, -0.05) is 12.1 Å². The number of hydrogen-bond acceptors (Lipinski definition) is 3. The molecule has 1 heterocycles. The molecule has 23 heavy (non-hydrogen) atoms. The predicted molar refractivity (Wildman–Crippen MR) is 96.4 cm³/mol. The standard InChI is InChI=1S/C19H22BrNO2/c1-12-8-14-11-15(22-2)5-6-16(14)18(21-12)10-13-4-7-19(23-3)17(20)9-13/h4-7,9,11-12,18,21H,8,10H2,1-3H3. The smallest absolute Gasteiger partial charge is 0.133 e. The quantitative estimate of drug-likeness (QED) is 0.864. The van der Waals surface area contributed by atoms with Crippen molar-refractivity contribution in [2.75, 3.05) is 14.2 Å². The maximum atomic E-state index is 5.37. The first-order chi connectivity index (χ1) is 11.1. The molecule has 0 aliphatic carbocycles. The van der Waals surface area contributed by atoms with E-state index < -0.39 is 0 Å². The topological polar surface area (TPSA) is 30.5 Å². The number of benzene rings is 2. The van der Waals surface area contributed by atoms with Crippen LogP contribution in [0.2, 0.25) is 0 Å². The van der Waals surface area contributed by atoms with E-state index in [1.54, 1.807) is 14.2 Å². The van der Waals surface area contributed by atoms with E-state index >= 15 is 0 Å². The van der Waals surface area contributed by atoms with E-state index in [2.05, 4.69) is 52.4 Å². The maximum absolute atomic E-state index is 5.37. The molecule has 0 saturated heterocycles. The second kappa shape index (κ2) is 6.93. The third-order valence-corrected chi connectivity index (χ3v) is 5.01. The molecule has 0 fully saturated rings. The summed E-state index contributed by atoms with van der Waals surface area (Å²) in [4.78, 5) is 0. The predicted octanol–water partition coefficient (Wildman–Crippen LogP) is 4.28. The molecule has 122 valence electrons. The SMILES string of the molecule is COc1ccc2c(c1)CC(C)NC2Cc1ccc(OC)c(Br)c1. The van der Waals surface area contributed by atoms with Crippen LogP contribution in [-0.2, 0) is 12.8 Å². The fourth-order valence-corrected chi connectivity index (χ4v) is 3.88. The van der Waals surface area contributed by atoms with Crippen molar-refractivity contribution in [1.82, 2.24) is 5.32 Å². The van der Waals surface area contributed by atoms with E-state index in [0.717, 1.165) is 28.8 Å². The Hall–Kier alpha value is -1.52. The fourth-order valence-electron chi connectivity index (χ4n) is 3.29. The van der Waals surface area contributed by atoms with E-state index in [1.807, 2.05) is 12.1 Å². The molecule has 0 amide bonds. The number of fused-ring (bicyclic) bond motifs is 1. The van der Waals surface area contributed by atoms with Crippen LogP contribution in [0.4, 0.5) is 0 Å². The maximum Gasteiger partial charge on any atom is 0.133 e. The van der Waals surface area contributed by atoms with Crippen molar-refractivity contribution in [3.63, 3.8) is 0 Å². The zero-order valence-electron chi connectivity index (χ0n) is 13.7. The van der Waals surface area contributed by atoms with Crippen molar-refractivity contribution >= 4 is 15.9 Å². The minimum Gasteiger partial charge on any atom is -0.497 e. The molecule has 3 rings (SSSR count). The second-order valence-corrected chi connectivity index (χ2v) is 6.92. The molecule has 0 radical (unpaired) electrons. The first-order valence-corrected chi connectivity index (χ1v) is 8.65. The zero-order valence-corrected chi connectivity index (χ0v) is 15.3. The normalized spacial score (nSPS) is 20.0. The molecular weight excluding hydrogens is 354 g/mol. The monoisotopic (exact) mass is 375 g/mol. The molecule has 1 N–H and O–H groups in total. The van der Waals surface area contributed by atoms with E-state index in [1.165, 1.54) is 16.7 Å². The summed E-state index contributed by atoms with van der Waals surface area (Å²) < 4.78 is 11.7. The van der Waals surface area contributed by atoms with Gasteiger partial charge in [0, 0.05) is 12.1 Å². The van der Waals surface area contributed by atoms with Crippen LogP contribution >= 0.6 is 15.9 Å². The van der Waals surface area contributed by atoms with Crippen LogP contribution in [0, 0.1) is 0 Å². The van der Waals surface area contributed by atoms with E-state index in [9.17, 15) is 0 Å². The highest BCUT2D eigenvalue weighted by Crippen LogP contribution is 2.32. The van der Waals surface area contributed by atoms with Gasteiger partial charge in [-0.3, -0.25) is 0 Å². The molecule has 3 nitrogen and oxygen atoms in total. The molecule has 4 heteroatoms. The largest absolute Gasteiger partial charge is 0.497 e. The Morgan fingerprint density at radius 3 is 2.65 bits per heavy atom. The van der Waals surface area contributed by atoms with Gasteiger partial charge in [0.1, 0.15) is 11.5 Å². The Balaban J connectivity index is 1.87. The fraction of sp³-hybridized carbons (Fsp3) is 0.368. The lowest BCUT2D eigenvalue weighted by Gasteiger charge is -2.32. The van der Waals surface area contributed by atoms with Gasteiger partial charge in [0.15, 0.2) is 0 Å². The summed E-state index contributed by atoms with van der Waals surface area (Å²) in [5.41, 5.74) is 4.04. The number of ether oxygens (including phenoxy) is 2. The Bertz CT molecular complexity index is 702. The molecule has 2 aromatic rings. The van der Waals surface area contributed by atoms with Crippen molar-refractivity contribution in [1.29, 1.82) is 0 Å². The lowest BCUT2D eigenvalue weighted by Crippen LogP contribution is -2.38. The molecule has 0 saturated carbocycles. The Morgan fingerprint density at radius 2 is 1.96 bits per heavy atom. The molecule has 0 bridgehead atoms. The van der Waals surface area contributed by atoms with Gasteiger partial charge in [0.05, 0.1) is 18.7 Å². The van der Waals surface area contributed by atoms with Crippen molar-refractivity contribution in [2.24, 2.45) is 0 Å². The molecular formula is C19H22BrNO2. The molecule has 0 aromatic heterocycles. The molecule has 0 spiro atoms. The summed E-state index contributed by atoms with van der Waals surface area (Å²) in [6.07, 6.45) is 1.99. The number of hydrogen-bond donors (Lipinski definition) is 1. The summed E-state index contributed by atoms with van der Waals surface area (Å²) in [5.74, 6) is 1.80. The van der Waals surface area contributed by atoms with Crippen molar-refractivity contribution in [3.05, 3.63) is 57.6 Å². The second-order valence-electron chi connectivity index (χ2n) is 6.06. The lowest BCUT2D eigenvalue weighted by atomic mass is 9.87. The number of rotatable bonds is 4. The van der Waals surface area contributed by atoms with Crippen LogP contribution < -0.4 is 14.8 Å². The van der Waals surface area contributed by atoms with Gasteiger partial charge in [-0.2, -0.15) is 0 Å². The summed E-state index contributed by atoms with van der Waals surface area (Å²) in [7, 11) is 3.41. The minimum absolute atomic E-state index is 0.319. The number of nitrogens with one attached hydrogen (secondary N) is 1. The number of halogens is 1. The van der Waals surface area contributed by atoms with E-state index in [4.69, 9.17) is 9.47 Å². The third kappa shape index (κ3) is 3.54. The summed E-state index contributed by atoms with van der Waals surface area (Å²) in [6.45, 7) is 2.24. The lowest BCUT2D eigenvalue weighted by molar-refractivity contribution is 0.402. The highest BCUT2D eigenvalue weighted by molar-refractivity contribution is 9.10. The van der Waals surface area contributed by atoms with Crippen molar-refractivity contribution < 1.29 is 9.47 Å². The molecule has 1 aliphatic rings. The Morgan fingerprint density at radius 1 is 1.13 bits per heavy atom. The summed E-state index contributed by atoms with van der Waals surface area (Å²) in [5, 5.41) is 3.72. The zero-order chi connectivity index (χ0) is 16.4. The van der Waals surface area contributed by atoms with Crippen LogP contribution in [0.5, 0.6) is 11.5 Å². The van der Waals surface area contributed by atoms with Gasteiger partial charge >= 0.3 is 0 Å². The van der Waals surface area contributed by atoms with E-state index in [0.29, 0.717) is 12.1 Å².